The molecule has 1 saturated carbocycles. The average Bonchev–Trinajstić information content (AvgIpc) is 3.54. The first-order valence-corrected chi connectivity index (χ1v) is 14.7. The van der Waals surface area contributed by atoms with Crippen molar-refractivity contribution in [2.24, 2.45) is 39.9 Å². The first-order chi connectivity index (χ1) is 17.7. The standard InChI is InChI=1S/C32H50O6/c1-9-30(5,6)28(35)37-24(18-26(33)34)13-11-12-23-19-32(23)21(4)14-15-22-16-20(3)17-25(27(22)32)38-29(36)31(7,8)10-2/h14-16,20-21,23-25,27H,9-13,17-19H2,1-8H3,(H,33,34)/t20-,21-,23?,24-,25?,27?,32?/m0/s1. The van der Waals surface area contributed by atoms with E-state index in [0.29, 0.717) is 30.6 Å². The summed E-state index contributed by atoms with van der Waals surface area (Å²) < 4.78 is 12.0. The van der Waals surface area contributed by atoms with Crippen LogP contribution in [-0.2, 0) is 23.9 Å². The van der Waals surface area contributed by atoms with Crippen LogP contribution in [0, 0.1) is 39.9 Å². The van der Waals surface area contributed by atoms with Crippen molar-refractivity contribution in [3.63, 3.8) is 0 Å². The summed E-state index contributed by atoms with van der Waals surface area (Å²) in [7, 11) is 0. The number of hydrogen-bond acceptors (Lipinski definition) is 5. The molecule has 0 aromatic carbocycles. The van der Waals surface area contributed by atoms with E-state index in [0.717, 1.165) is 32.1 Å². The van der Waals surface area contributed by atoms with E-state index in [2.05, 4.69) is 32.1 Å². The van der Waals surface area contributed by atoms with Crippen LogP contribution < -0.4 is 0 Å². The Labute approximate surface area is 229 Å². The third-order valence-electron chi connectivity index (χ3n) is 9.90. The molecule has 0 heterocycles. The van der Waals surface area contributed by atoms with Crippen LogP contribution in [0.15, 0.2) is 23.8 Å². The monoisotopic (exact) mass is 530 g/mol. The van der Waals surface area contributed by atoms with Crippen LogP contribution in [0.5, 0.6) is 0 Å². The largest absolute Gasteiger partial charge is 0.481 e. The van der Waals surface area contributed by atoms with Crippen molar-refractivity contribution in [3.05, 3.63) is 23.8 Å². The van der Waals surface area contributed by atoms with Gasteiger partial charge in [0.25, 0.3) is 0 Å². The van der Waals surface area contributed by atoms with Crippen LogP contribution in [0.1, 0.15) is 107 Å². The Morgan fingerprint density at radius 1 is 1.08 bits per heavy atom. The fourth-order valence-corrected chi connectivity index (χ4v) is 6.43. The number of allylic oxidation sites excluding steroid dienone is 3. The van der Waals surface area contributed by atoms with Gasteiger partial charge in [-0.05, 0) is 101 Å². The highest BCUT2D eigenvalue weighted by Gasteiger charge is 2.65. The van der Waals surface area contributed by atoms with Gasteiger partial charge in [-0.15, -0.1) is 0 Å². The predicted octanol–water partition coefficient (Wildman–Crippen LogP) is 7.12. The Morgan fingerprint density at radius 3 is 2.32 bits per heavy atom. The normalized spacial score (nSPS) is 31.3. The number of ether oxygens (including phenoxy) is 2. The molecular formula is C32H50O6. The maximum Gasteiger partial charge on any atom is 0.311 e. The van der Waals surface area contributed by atoms with E-state index in [1.54, 1.807) is 0 Å². The molecule has 3 aliphatic carbocycles. The van der Waals surface area contributed by atoms with Crippen LogP contribution in [0.25, 0.3) is 0 Å². The SMILES string of the molecule is CCC(C)(C)C(=O)OC1C[C@@H](C)C=C2C=C[C@H](C)C3(CC3CCC[C@@H](CC(=O)O)OC(=O)C(C)(C)CC)C21. The fourth-order valence-electron chi connectivity index (χ4n) is 6.43. The molecule has 0 radical (unpaired) electrons. The van der Waals surface area contributed by atoms with E-state index in [-0.39, 0.29) is 35.8 Å². The molecule has 214 valence electrons. The minimum absolute atomic E-state index is 0.0607. The molecule has 7 atom stereocenters. The minimum Gasteiger partial charge on any atom is -0.481 e. The molecule has 38 heavy (non-hydrogen) atoms. The highest BCUT2D eigenvalue weighted by atomic mass is 16.6. The van der Waals surface area contributed by atoms with Crippen molar-refractivity contribution >= 4 is 17.9 Å². The van der Waals surface area contributed by atoms with Gasteiger partial charge in [-0.3, -0.25) is 14.4 Å². The zero-order chi connectivity index (χ0) is 28.5. The highest BCUT2D eigenvalue weighted by molar-refractivity contribution is 5.77. The second kappa shape index (κ2) is 11.6. The lowest BCUT2D eigenvalue weighted by Crippen LogP contribution is -2.44. The van der Waals surface area contributed by atoms with E-state index >= 15 is 0 Å². The number of esters is 2. The summed E-state index contributed by atoms with van der Waals surface area (Å²) in [4.78, 5) is 37.2. The van der Waals surface area contributed by atoms with Crippen molar-refractivity contribution in [2.75, 3.05) is 0 Å². The molecule has 0 bridgehead atoms. The molecule has 3 aliphatic rings. The number of hydrogen-bond donors (Lipinski definition) is 1. The van der Waals surface area contributed by atoms with Gasteiger partial charge in [0.2, 0.25) is 0 Å². The van der Waals surface area contributed by atoms with Crippen LogP contribution in [-0.4, -0.2) is 35.2 Å². The Morgan fingerprint density at radius 2 is 1.71 bits per heavy atom. The summed E-state index contributed by atoms with van der Waals surface area (Å²) in [5, 5.41) is 9.39. The van der Waals surface area contributed by atoms with Gasteiger partial charge in [-0.2, -0.15) is 0 Å². The maximum atomic E-state index is 13.1. The third-order valence-corrected chi connectivity index (χ3v) is 9.90. The summed E-state index contributed by atoms with van der Waals surface area (Å²) in [5.74, 6) is 0.0108. The van der Waals surface area contributed by atoms with Gasteiger partial charge in [-0.25, -0.2) is 0 Å². The second-order valence-electron chi connectivity index (χ2n) is 13.5. The van der Waals surface area contributed by atoms with Crippen LogP contribution >= 0.6 is 0 Å². The average molecular weight is 531 g/mol. The molecule has 0 aromatic rings. The number of fused-ring (bicyclic) bond motifs is 2. The second-order valence-corrected chi connectivity index (χ2v) is 13.5. The summed E-state index contributed by atoms with van der Waals surface area (Å²) in [6.45, 7) is 16.0. The van der Waals surface area contributed by atoms with E-state index in [1.165, 1.54) is 5.57 Å². The van der Waals surface area contributed by atoms with Crippen molar-refractivity contribution in [1.82, 2.24) is 0 Å². The molecular weight excluding hydrogens is 480 g/mol. The topological polar surface area (TPSA) is 89.9 Å². The number of rotatable bonds is 12. The lowest BCUT2D eigenvalue weighted by molar-refractivity contribution is -0.165. The number of carbonyl (C=O) groups excluding carboxylic acids is 2. The van der Waals surface area contributed by atoms with Crippen LogP contribution in [0.2, 0.25) is 0 Å². The van der Waals surface area contributed by atoms with E-state index in [1.807, 2.05) is 41.5 Å². The van der Waals surface area contributed by atoms with Gasteiger partial charge < -0.3 is 14.6 Å². The number of carboxylic acids is 1. The highest BCUT2D eigenvalue weighted by Crippen LogP contribution is 2.70. The van der Waals surface area contributed by atoms with Gasteiger partial charge in [0.15, 0.2) is 0 Å². The number of carbonyl (C=O) groups is 3. The molecule has 0 aromatic heterocycles. The third kappa shape index (κ3) is 6.37. The van der Waals surface area contributed by atoms with Crippen molar-refractivity contribution in [1.29, 1.82) is 0 Å². The molecule has 3 rings (SSSR count). The first kappa shape index (κ1) is 30.4. The van der Waals surface area contributed by atoms with Crippen molar-refractivity contribution < 1.29 is 29.0 Å². The van der Waals surface area contributed by atoms with Crippen LogP contribution in [0.4, 0.5) is 0 Å². The Kier molecular flexibility index (Phi) is 9.25. The van der Waals surface area contributed by atoms with Gasteiger partial charge in [0.1, 0.15) is 12.2 Å². The lowest BCUT2D eigenvalue weighted by atomic mass is 9.63. The Hall–Kier alpha value is -2.11. The van der Waals surface area contributed by atoms with E-state index in [9.17, 15) is 19.5 Å². The van der Waals surface area contributed by atoms with E-state index in [4.69, 9.17) is 9.47 Å². The van der Waals surface area contributed by atoms with Crippen molar-refractivity contribution in [3.8, 4) is 0 Å². The van der Waals surface area contributed by atoms with Crippen molar-refractivity contribution in [2.45, 2.75) is 119 Å². The molecule has 1 N–H and O–H groups in total. The van der Waals surface area contributed by atoms with Gasteiger partial charge >= 0.3 is 17.9 Å². The minimum atomic E-state index is -0.947. The number of carboxylic acid groups (broad SMARTS) is 1. The Balaban J connectivity index is 1.72. The zero-order valence-corrected chi connectivity index (χ0v) is 24.8. The fraction of sp³-hybridized carbons (Fsp3) is 0.781. The summed E-state index contributed by atoms with van der Waals surface area (Å²) in [6, 6.07) is 0. The van der Waals surface area contributed by atoms with Crippen LogP contribution in [0.3, 0.4) is 0 Å². The van der Waals surface area contributed by atoms with Gasteiger partial charge in [0, 0.05) is 5.92 Å². The summed E-state index contributed by atoms with van der Waals surface area (Å²) in [5.41, 5.74) is 0.238. The summed E-state index contributed by atoms with van der Waals surface area (Å²) >= 11 is 0. The number of aliphatic carboxylic acids is 1. The van der Waals surface area contributed by atoms with Gasteiger partial charge in [-0.1, -0.05) is 45.9 Å². The molecule has 0 saturated heterocycles. The first-order valence-electron chi connectivity index (χ1n) is 14.7. The Bertz CT molecular complexity index is 959. The smallest absolute Gasteiger partial charge is 0.311 e. The van der Waals surface area contributed by atoms with Gasteiger partial charge in [0.05, 0.1) is 17.3 Å². The quantitative estimate of drug-likeness (QED) is 0.270. The zero-order valence-electron chi connectivity index (χ0n) is 24.8. The molecule has 1 fully saturated rings. The molecule has 1 spiro atoms. The molecule has 6 heteroatoms. The lowest BCUT2D eigenvalue weighted by Gasteiger charge is -2.45. The molecule has 0 amide bonds. The molecule has 6 nitrogen and oxygen atoms in total. The molecule has 4 unspecified atom stereocenters. The maximum absolute atomic E-state index is 13.1. The predicted molar refractivity (Wildman–Crippen MR) is 148 cm³/mol. The summed E-state index contributed by atoms with van der Waals surface area (Å²) in [6.07, 6.45) is 11.6. The molecule has 0 aliphatic heterocycles. The van der Waals surface area contributed by atoms with E-state index < -0.39 is 22.9 Å².